The second kappa shape index (κ2) is 5.35. The fourth-order valence-corrected chi connectivity index (χ4v) is 2.96. The first kappa shape index (κ1) is 13.2. The van der Waals surface area contributed by atoms with Crippen molar-refractivity contribution in [1.82, 2.24) is 0 Å². The minimum Gasteiger partial charge on any atom is -0.496 e. The van der Waals surface area contributed by atoms with E-state index in [1.807, 2.05) is 36.4 Å². The van der Waals surface area contributed by atoms with Crippen LogP contribution in [0, 0.1) is 6.61 Å². The van der Waals surface area contributed by atoms with Crippen LogP contribution in [0.15, 0.2) is 60.7 Å². The van der Waals surface area contributed by atoms with Gasteiger partial charge in [-0.05, 0) is 28.5 Å². The number of hydrogen-bond acceptors (Lipinski definition) is 3. The summed E-state index contributed by atoms with van der Waals surface area (Å²) in [5, 5.41) is 2.36. The van der Waals surface area contributed by atoms with Gasteiger partial charge >= 0.3 is 0 Å². The zero-order valence-electron chi connectivity index (χ0n) is 12.1. The molecule has 0 aromatic heterocycles. The summed E-state index contributed by atoms with van der Waals surface area (Å²) in [5.41, 5.74) is 2.06. The SMILES string of the molecule is COc1cccc2c1C(c1cccc3ccccc13)[C]OO2. The molecule has 108 valence electrons. The van der Waals surface area contributed by atoms with Crippen LogP contribution in [-0.2, 0) is 4.89 Å². The zero-order valence-corrected chi connectivity index (χ0v) is 12.1. The van der Waals surface area contributed by atoms with Crippen LogP contribution in [0.1, 0.15) is 17.0 Å². The van der Waals surface area contributed by atoms with Crippen LogP contribution in [0.4, 0.5) is 0 Å². The van der Waals surface area contributed by atoms with E-state index in [0.29, 0.717) is 5.75 Å². The van der Waals surface area contributed by atoms with Gasteiger partial charge in [0.15, 0.2) is 5.75 Å². The number of rotatable bonds is 2. The molecule has 0 N–H and O–H groups in total. The van der Waals surface area contributed by atoms with Crippen molar-refractivity contribution in [3.63, 3.8) is 0 Å². The van der Waals surface area contributed by atoms with Gasteiger partial charge in [0.25, 0.3) is 0 Å². The summed E-state index contributed by atoms with van der Waals surface area (Å²) >= 11 is 0. The van der Waals surface area contributed by atoms with Crippen molar-refractivity contribution in [3.8, 4) is 11.5 Å². The molecule has 1 atom stereocenters. The molecule has 3 aromatic rings. The van der Waals surface area contributed by atoms with E-state index in [-0.39, 0.29) is 5.92 Å². The van der Waals surface area contributed by atoms with Crippen molar-refractivity contribution in [2.75, 3.05) is 7.11 Å². The summed E-state index contributed by atoms with van der Waals surface area (Å²) in [7, 11) is 1.66. The second-order valence-electron chi connectivity index (χ2n) is 5.16. The Bertz CT molecular complexity index is 806. The smallest absolute Gasteiger partial charge is 0.200 e. The molecular weight excluding hydrogens is 276 g/mol. The third kappa shape index (κ3) is 2.02. The molecular formula is C19H14O3. The van der Waals surface area contributed by atoms with Crippen molar-refractivity contribution in [2.45, 2.75) is 5.92 Å². The molecule has 1 unspecified atom stereocenters. The number of fused-ring (bicyclic) bond motifs is 2. The fraction of sp³-hybridized carbons (Fsp3) is 0.105. The molecule has 3 aromatic carbocycles. The molecule has 0 aliphatic carbocycles. The average molecular weight is 290 g/mol. The van der Waals surface area contributed by atoms with Crippen molar-refractivity contribution < 1.29 is 14.5 Å². The van der Waals surface area contributed by atoms with Gasteiger partial charge < -0.3 is 9.62 Å². The maximum absolute atomic E-state index is 5.50. The van der Waals surface area contributed by atoms with Gasteiger partial charge in [-0.15, -0.1) is 0 Å². The van der Waals surface area contributed by atoms with E-state index >= 15 is 0 Å². The predicted molar refractivity (Wildman–Crippen MR) is 83.7 cm³/mol. The molecule has 0 bridgehead atoms. The molecule has 0 saturated heterocycles. The first-order valence-corrected chi connectivity index (χ1v) is 7.12. The molecule has 2 radical (unpaired) electrons. The lowest BCUT2D eigenvalue weighted by atomic mass is 9.87. The highest BCUT2D eigenvalue weighted by molar-refractivity contribution is 5.87. The lowest BCUT2D eigenvalue weighted by molar-refractivity contribution is -0.186. The van der Waals surface area contributed by atoms with E-state index in [1.165, 1.54) is 10.8 Å². The van der Waals surface area contributed by atoms with Gasteiger partial charge in [-0.2, -0.15) is 4.89 Å². The monoisotopic (exact) mass is 290 g/mol. The Morgan fingerprint density at radius 3 is 2.68 bits per heavy atom. The predicted octanol–water partition coefficient (Wildman–Crippen LogP) is 4.34. The molecule has 1 heterocycles. The molecule has 0 saturated carbocycles. The lowest BCUT2D eigenvalue weighted by Crippen LogP contribution is -2.15. The minimum atomic E-state index is -0.161. The zero-order chi connectivity index (χ0) is 14.9. The maximum atomic E-state index is 5.50. The molecule has 1 aliphatic heterocycles. The third-order valence-corrected chi connectivity index (χ3v) is 3.97. The molecule has 4 rings (SSSR count). The number of ether oxygens (including phenoxy) is 1. The van der Waals surface area contributed by atoms with E-state index in [0.717, 1.165) is 16.9 Å². The van der Waals surface area contributed by atoms with Gasteiger partial charge in [0.1, 0.15) is 5.75 Å². The van der Waals surface area contributed by atoms with Crippen LogP contribution in [0.2, 0.25) is 0 Å². The van der Waals surface area contributed by atoms with Gasteiger partial charge in [-0.25, -0.2) is 0 Å². The quantitative estimate of drug-likeness (QED) is 0.657. The molecule has 22 heavy (non-hydrogen) atoms. The second-order valence-corrected chi connectivity index (χ2v) is 5.16. The molecule has 0 spiro atoms. The Labute approximate surface area is 129 Å². The summed E-state index contributed by atoms with van der Waals surface area (Å²) in [6, 6.07) is 20.2. The van der Waals surface area contributed by atoms with Crippen molar-refractivity contribution in [1.29, 1.82) is 0 Å². The lowest BCUT2D eigenvalue weighted by Gasteiger charge is -2.26. The largest absolute Gasteiger partial charge is 0.496 e. The number of methoxy groups -OCH3 is 1. The van der Waals surface area contributed by atoms with Crippen LogP contribution in [0.25, 0.3) is 10.8 Å². The van der Waals surface area contributed by atoms with Crippen molar-refractivity contribution in [3.05, 3.63) is 78.4 Å². The van der Waals surface area contributed by atoms with E-state index in [2.05, 4.69) is 30.9 Å². The van der Waals surface area contributed by atoms with E-state index in [4.69, 9.17) is 14.5 Å². The third-order valence-electron chi connectivity index (χ3n) is 3.97. The minimum absolute atomic E-state index is 0.161. The first-order chi connectivity index (χ1) is 10.9. The van der Waals surface area contributed by atoms with Gasteiger partial charge in [0, 0.05) is 0 Å². The summed E-state index contributed by atoms with van der Waals surface area (Å²) in [6.07, 6.45) is 0. The normalized spacial score (nSPS) is 16.9. The Hall–Kier alpha value is -2.52. The first-order valence-electron chi connectivity index (χ1n) is 7.12. The number of hydrogen-bond donors (Lipinski definition) is 0. The van der Waals surface area contributed by atoms with Crippen LogP contribution in [0.3, 0.4) is 0 Å². The Balaban J connectivity index is 1.95. The topological polar surface area (TPSA) is 27.7 Å². The molecule has 3 nitrogen and oxygen atoms in total. The summed E-state index contributed by atoms with van der Waals surface area (Å²) in [4.78, 5) is 10.3. The van der Waals surface area contributed by atoms with Gasteiger partial charge in [0.2, 0.25) is 6.61 Å². The highest BCUT2D eigenvalue weighted by Crippen LogP contribution is 2.45. The standard InChI is InChI=1S/C19H14O3/c1-20-17-10-5-11-18-19(17)16(12-21-22-18)15-9-4-7-13-6-2-3-8-14(13)15/h2-11,16H,1H3. The number of benzene rings is 3. The van der Waals surface area contributed by atoms with Crippen LogP contribution >= 0.6 is 0 Å². The van der Waals surface area contributed by atoms with E-state index < -0.39 is 0 Å². The van der Waals surface area contributed by atoms with Crippen LogP contribution < -0.4 is 9.62 Å². The molecule has 0 amide bonds. The van der Waals surface area contributed by atoms with E-state index in [1.54, 1.807) is 7.11 Å². The van der Waals surface area contributed by atoms with Crippen LogP contribution in [-0.4, -0.2) is 7.11 Å². The van der Waals surface area contributed by atoms with Crippen molar-refractivity contribution in [2.24, 2.45) is 0 Å². The average Bonchev–Trinajstić information content (AvgIpc) is 2.60. The Morgan fingerprint density at radius 1 is 0.955 bits per heavy atom. The van der Waals surface area contributed by atoms with Gasteiger partial charge in [-0.3, -0.25) is 0 Å². The van der Waals surface area contributed by atoms with Crippen LogP contribution in [0.5, 0.6) is 11.5 Å². The maximum Gasteiger partial charge on any atom is 0.200 e. The summed E-state index contributed by atoms with van der Waals surface area (Å²) in [6.45, 7) is 2.96. The molecule has 1 aliphatic rings. The van der Waals surface area contributed by atoms with Gasteiger partial charge in [-0.1, -0.05) is 48.5 Å². The molecule has 3 heteroatoms. The summed E-state index contributed by atoms with van der Waals surface area (Å²) < 4.78 is 5.50. The molecule has 0 fully saturated rings. The highest BCUT2D eigenvalue weighted by atomic mass is 17.2. The van der Waals surface area contributed by atoms with E-state index in [9.17, 15) is 0 Å². The Kier molecular flexibility index (Phi) is 3.20. The van der Waals surface area contributed by atoms with Crippen molar-refractivity contribution >= 4 is 10.8 Å². The fourth-order valence-electron chi connectivity index (χ4n) is 2.96. The highest BCUT2D eigenvalue weighted by Gasteiger charge is 2.30. The summed E-state index contributed by atoms with van der Waals surface area (Å²) in [5.74, 6) is 1.27. The Morgan fingerprint density at radius 2 is 1.77 bits per heavy atom. The van der Waals surface area contributed by atoms with Gasteiger partial charge in [0.05, 0.1) is 18.6 Å².